The number of thiazole rings is 1. The first kappa shape index (κ1) is 15.5. The van der Waals surface area contributed by atoms with Gasteiger partial charge in [0, 0.05) is 15.5 Å². The van der Waals surface area contributed by atoms with Gasteiger partial charge in [0.15, 0.2) is 10.8 Å². The van der Waals surface area contributed by atoms with E-state index in [1.54, 1.807) is 37.6 Å². The Morgan fingerprint density at radius 2 is 2.13 bits per heavy atom. The van der Waals surface area contributed by atoms with Gasteiger partial charge in [0.05, 0.1) is 6.26 Å². The van der Waals surface area contributed by atoms with Crippen molar-refractivity contribution >= 4 is 39.1 Å². The highest BCUT2D eigenvalue weighted by Crippen LogP contribution is 2.27. The molecule has 9 heteroatoms. The summed E-state index contributed by atoms with van der Waals surface area (Å²) in [5.41, 5.74) is 5.25. The minimum absolute atomic E-state index is 0.245. The molecule has 0 saturated heterocycles. The third-order valence-corrected chi connectivity index (χ3v) is 4.37. The molecule has 0 saturated carbocycles. The number of hydrazine groups is 1. The van der Waals surface area contributed by atoms with Gasteiger partial charge < -0.3 is 9.40 Å². The van der Waals surface area contributed by atoms with Crippen LogP contribution < -0.4 is 10.9 Å². The fourth-order valence-electron chi connectivity index (χ4n) is 1.85. The average molecular weight is 395 g/mol. The Morgan fingerprint density at radius 1 is 1.35 bits per heavy atom. The van der Waals surface area contributed by atoms with Crippen LogP contribution in [0.1, 0.15) is 25.9 Å². The quantitative estimate of drug-likeness (QED) is 0.594. The maximum atomic E-state index is 12.2. The van der Waals surface area contributed by atoms with E-state index in [0.29, 0.717) is 16.5 Å². The summed E-state index contributed by atoms with van der Waals surface area (Å²) in [4.78, 5) is 31.8. The van der Waals surface area contributed by atoms with E-state index in [9.17, 15) is 9.59 Å². The predicted octanol–water partition coefficient (Wildman–Crippen LogP) is 2.88. The zero-order chi connectivity index (χ0) is 16.4. The fraction of sp³-hybridized carbons (Fsp3) is 0.0714. The SMILES string of the molecule is Cc1sc(-c2ccco2)nc1C(=O)NNC(=O)c1cc(Br)c[nH]1. The smallest absolute Gasteiger partial charge is 0.289 e. The Balaban J connectivity index is 1.68. The molecule has 118 valence electrons. The lowest BCUT2D eigenvalue weighted by Gasteiger charge is -2.05. The Bertz CT molecular complexity index is 853. The van der Waals surface area contributed by atoms with Gasteiger partial charge in [0.25, 0.3) is 11.8 Å². The summed E-state index contributed by atoms with van der Waals surface area (Å²) in [6.07, 6.45) is 3.16. The predicted molar refractivity (Wildman–Crippen MR) is 88.0 cm³/mol. The van der Waals surface area contributed by atoms with Crippen LogP contribution in [0.5, 0.6) is 0 Å². The first-order valence-corrected chi connectivity index (χ1v) is 8.11. The summed E-state index contributed by atoms with van der Waals surface area (Å²) in [6.45, 7) is 1.78. The van der Waals surface area contributed by atoms with Crippen LogP contribution in [0.15, 0.2) is 39.5 Å². The van der Waals surface area contributed by atoms with Crippen LogP contribution in [0.2, 0.25) is 0 Å². The van der Waals surface area contributed by atoms with Gasteiger partial charge in [-0.2, -0.15) is 0 Å². The second kappa shape index (κ2) is 6.39. The molecule has 7 nitrogen and oxygen atoms in total. The number of carbonyl (C=O) groups excluding carboxylic acids is 2. The van der Waals surface area contributed by atoms with Crippen LogP contribution in [0.3, 0.4) is 0 Å². The largest absolute Gasteiger partial charge is 0.462 e. The van der Waals surface area contributed by atoms with Crippen molar-refractivity contribution in [3.63, 3.8) is 0 Å². The number of halogens is 1. The monoisotopic (exact) mass is 394 g/mol. The second-order valence-corrected chi connectivity index (χ2v) is 6.66. The highest BCUT2D eigenvalue weighted by molar-refractivity contribution is 9.10. The molecule has 0 aliphatic heterocycles. The molecule has 3 rings (SSSR count). The Hall–Kier alpha value is -2.39. The Morgan fingerprint density at radius 3 is 2.78 bits per heavy atom. The number of hydrogen-bond acceptors (Lipinski definition) is 5. The van der Waals surface area contributed by atoms with E-state index >= 15 is 0 Å². The number of H-pyrrole nitrogens is 1. The van der Waals surface area contributed by atoms with E-state index in [2.05, 4.69) is 36.7 Å². The number of carbonyl (C=O) groups is 2. The summed E-state index contributed by atoms with van der Waals surface area (Å²) in [7, 11) is 0. The Labute approximate surface area is 143 Å². The van der Waals surface area contributed by atoms with Crippen LogP contribution >= 0.6 is 27.3 Å². The molecule has 0 unspecified atom stereocenters. The van der Waals surface area contributed by atoms with Crippen molar-refractivity contribution in [2.45, 2.75) is 6.92 Å². The molecular formula is C14H11BrN4O3S. The molecule has 23 heavy (non-hydrogen) atoms. The number of rotatable bonds is 3. The maximum absolute atomic E-state index is 12.2. The minimum atomic E-state index is -0.490. The first-order valence-electron chi connectivity index (χ1n) is 6.50. The number of nitrogens with zero attached hydrogens (tertiary/aromatic N) is 1. The van der Waals surface area contributed by atoms with Crippen molar-refractivity contribution in [1.82, 2.24) is 20.8 Å². The summed E-state index contributed by atoms with van der Waals surface area (Å²) < 4.78 is 6.01. The van der Waals surface area contributed by atoms with Crippen molar-refractivity contribution in [3.05, 3.63) is 51.4 Å². The molecule has 3 N–H and O–H groups in total. The highest BCUT2D eigenvalue weighted by atomic mass is 79.9. The Kier molecular flexibility index (Phi) is 4.30. The standard InChI is InChI=1S/C14H11BrN4O3S/c1-7-11(17-14(23-7)10-3-2-4-22-10)13(21)19-18-12(20)9-5-8(15)6-16-9/h2-6,16H,1H3,(H,18,20)(H,19,21). The summed E-state index contributed by atoms with van der Waals surface area (Å²) in [5.74, 6) is -0.351. The van der Waals surface area contributed by atoms with Crippen LogP contribution in [-0.2, 0) is 0 Å². The van der Waals surface area contributed by atoms with Crippen molar-refractivity contribution in [2.75, 3.05) is 0 Å². The van der Waals surface area contributed by atoms with Crippen molar-refractivity contribution in [3.8, 4) is 10.8 Å². The van der Waals surface area contributed by atoms with Crippen LogP contribution in [0.25, 0.3) is 10.8 Å². The number of amides is 2. The van der Waals surface area contributed by atoms with Crippen molar-refractivity contribution in [1.29, 1.82) is 0 Å². The molecule has 0 spiro atoms. The van der Waals surface area contributed by atoms with E-state index < -0.39 is 11.8 Å². The van der Waals surface area contributed by atoms with Crippen LogP contribution in [0.4, 0.5) is 0 Å². The third-order valence-electron chi connectivity index (χ3n) is 2.93. The summed E-state index contributed by atoms with van der Waals surface area (Å²) >= 11 is 4.58. The average Bonchev–Trinajstić information content (AvgIpc) is 3.24. The van der Waals surface area contributed by atoms with Gasteiger partial charge in [0.1, 0.15) is 11.4 Å². The molecule has 0 atom stereocenters. The van der Waals surface area contributed by atoms with Gasteiger partial charge in [-0.25, -0.2) is 4.98 Å². The van der Waals surface area contributed by atoms with E-state index in [4.69, 9.17) is 4.42 Å². The molecule has 3 aromatic heterocycles. The third kappa shape index (κ3) is 3.35. The molecular weight excluding hydrogens is 384 g/mol. The number of nitrogens with one attached hydrogen (secondary N) is 3. The van der Waals surface area contributed by atoms with Crippen LogP contribution in [0, 0.1) is 6.92 Å². The van der Waals surface area contributed by atoms with Crippen LogP contribution in [-0.4, -0.2) is 21.8 Å². The normalized spacial score (nSPS) is 10.5. The van der Waals surface area contributed by atoms with E-state index in [1.165, 1.54) is 11.3 Å². The maximum Gasteiger partial charge on any atom is 0.289 e. The van der Waals surface area contributed by atoms with Gasteiger partial charge in [-0.1, -0.05) is 0 Å². The van der Waals surface area contributed by atoms with Crippen molar-refractivity contribution < 1.29 is 14.0 Å². The number of aryl methyl sites for hydroxylation is 1. The van der Waals surface area contributed by atoms with Gasteiger partial charge in [0.2, 0.25) is 0 Å². The topological polar surface area (TPSA) is 100 Å². The zero-order valence-electron chi connectivity index (χ0n) is 11.8. The minimum Gasteiger partial charge on any atom is -0.462 e. The lowest BCUT2D eigenvalue weighted by molar-refractivity contribution is 0.0841. The summed E-state index contributed by atoms with van der Waals surface area (Å²) in [6, 6.07) is 5.12. The molecule has 3 aromatic rings. The molecule has 0 aliphatic rings. The zero-order valence-corrected chi connectivity index (χ0v) is 14.2. The molecule has 0 aliphatic carbocycles. The lowest BCUT2D eigenvalue weighted by atomic mass is 10.3. The summed E-state index contributed by atoms with van der Waals surface area (Å²) in [5, 5.41) is 0.609. The molecule has 0 fully saturated rings. The molecule has 0 radical (unpaired) electrons. The van der Waals surface area contributed by atoms with Gasteiger partial charge in [-0.3, -0.25) is 20.4 Å². The first-order chi connectivity index (χ1) is 11.0. The fourth-order valence-corrected chi connectivity index (χ4v) is 3.07. The molecule has 3 heterocycles. The van der Waals surface area contributed by atoms with E-state index in [-0.39, 0.29) is 5.69 Å². The second-order valence-electron chi connectivity index (χ2n) is 4.54. The molecule has 0 bridgehead atoms. The van der Waals surface area contributed by atoms with E-state index in [0.717, 1.165) is 9.35 Å². The van der Waals surface area contributed by atoms with Gasteiger partial charge >= 0.3 is 0 Å². The number of aromatic amines is 1. The van der Waals surface area contributed by atoms with Gasteiger partial charge in [-0.15, -0.1) is 11.3 Å². The van der Waals surface area contributed by atoms with Crippen molar-refractivity contribution in [2.24, 2.45) is 0 Å². The van der Waals surface area contributed by atoms with E-state index in [1.807, 2.05) is 0 Å². The number of aromatic nitrogens is 2. The molecule has 0 aromatic carbocycles. The number of hydrogen-bond donors (Lipinski definition) is 3. The lowest BCUT2D eigenvalue weighted by Crippen LogP contribution is -2.42. The molecule has 2 amide bonds. The van der Waals surface area contributed by atoms with Gasteiger partial charge in [-0.05, 0) is 41.1 Å². The number of furan rings is 1. The highest BCUT2D eigenvalue weighted by Gasteiger charge is 2.18.